The topological polar surface area (TPSA) is 74.6 Å². The van der Waals surface area contributed by atoms with Gasteiger partial charge in [-0.25, -0.2) is 0 Å². The zero-order valence-electron chi connectivity index (χ0n) is 14.4. The first-order valence-corrected chi connectivity index (χ1v) is 9.09. The lowest BCUT2D eigenvalue weighted by Gasteiger charge is -2.23. The van der Waals surface area contributed by atoms with Gasteiger partial charge in [-0.05, 0) is 49.7 Å². The van der Waals surface area contributed by atoms with Gasteiger partial charge in [0.05, 0.1) is 18.8 Å². The summed E-state index contributed by atoms with van der Waals surface area (Å²) in [5.74, 6) is 0.617. The predicted molar refractivity (Wildman–Crippen MR) is 99.8 cm³/mol. The molecular formula is C19H22ClN3O3. The fourth-order valence-corrected chi connectivity index (χ4v) is 3.32. The Kier molecular flexibility index (Phi) is 6.30. The van der Waals surface area contributed by atoms with E-state index in [1.807, 2.05) is 6.07 Å². The number of hydrogen-bond donors (Lipinski definition) is 2. The summed E-state index contributed by atoms with van der Waals surface area (Å²) < 4.78 is 5.23. The van der Waals surface area contributed by atoms with E-state index < -0.39 is 0 Å². The van der Waals surface area contributed by atoms with E-state index in [2.05, 4.69) is 15.5 Å². The van der Waals surface area contributed by atoms with Crippen LogP contribution in [0.15, 0.2) is 47.1 Å². The normalized spacial score (nSPS) is 17.2. The number of carbonyl (C=O) groups is 2. The first-order valence-electron chi connectivity index (χ1n) is 8.71. The lowest BCUT2D eigenvalue weighted by Crippen LogP contribution is -2.43. The average Bonchev–Trinajstić information content (AvgIpc) is 3.29. The highest BCUT2D eigenvalue weighted by atomic mass is 35.5. The van der Waals surface area contributed by atoms with Crippen molar-refractivity contribution < 1.29 is 14.0 Å². The van der Waals surface area contributed by atoms with E-state index in [1.54, 1.807) is 36.6 Å². The Bertz CT molecular complexity index is 748. The number of amides is 2. The van der Waals surface area contributed by atoms with Crippen LogP contribution in [0.3, 0.4) is 0 Å². The molecule has 3 rings (SSSR count). The van der Waals surface area contributed by atoms with Crippen LogP contribution in [0.2, 0.25) is 5.02 Å². The van der Waals surface area contributed by atoms with Gasteiger partial charge in [0.2, 0.25) is 11.8 Å². The standard InChI is InChI=1S/C19H22ClN3O3/c20-14-4-1-5-15(12-14)22-18(24)8-10-23-9-2-7-17(23)19(25)21-13-16-6-3-11-26-16/h1,3-6,11-12,17H,2,7-10,13H2,(H,21,25)(H,22,24). The number of rotatable bonds is 7. The Labute approximate surface area is 157 Å². The molecule has 0 bridgehead atoms. The van der Waals surface area contributed by atoms with Crippen LogP contribution in [0.4, 0.5) is 5.69 Å². The average molecular weight is 376 g/mol. The number of nitrogens with zero attached hydrogens (tertiary/aromatic N) is 1. The summed E-state index contributed by atoms with van der Waals surface area (Å²) in [6.45, 7) is 1.75. The maximum absolute atomic E-state index is 12.4. The third-order valence-corrected chi connectivity index (χ3v) is 4.65. The van der Waals surface area contributed by atoms with Crippen LogP contribution in [0, 0.1) is 0 Å². The van der Waals surface area contributed by atoms with Crippen molar-refractivity contribution >= 4 is 29.1 Å². The molecule has 7 heteroatoms. The van der Waals surface area contributed by atoms with Crippen molar-refractivity contribution in [2.24, 2.45) is 0 Å². The smallest absolute Gasteiger partial charge is 0.237 e. The molecule has 1 fully saturated rings. The van der Waals surface area contributed by atoms with Gasteiger partial charge in [0, 0.05) is 23.7 Å². The van der Waals surface area contributed by atoms with E-state index in [4.69, 9.17) is 16.0 Å². The minimum atomic E-state index is -0.191. The van der Waals surface area contributed by atoms with Crippen molar-refractivity contribution in [3.05, 3.63) is 53.4 Å². The molecule has 2 amide bonds. The first kappa shape index (κ1) is 18.5. The van der Waals surface area contributed by atoms with Crippen LogP contribution in [0.25, 0.3) is 0 Å². The molecule has 1 aliphatic heterocycles. The van der Waals surface area contributed by atoms with Gasteiger partial charge in [-0.3, -0.25) is 14.5 Å². The number of carbonyl (C=O) groups excluding carboxylic acids is 2. The first-order chi connectivity index (χ1) is 12.6. The van der Waals surface area contributed by atoms with Crippen molar-refractivity contribution in [2.45, 2.75) is 31.8 Å². The molecule has 1 unspecified atom stereocenters. The van der Waals surface area contributed by atoms with Gasteiger partial charge in [0.15, 0.2) is 0 Å². The van der Waals surface area contributed by atoms with Gasteiger partial charge in [-0.2, -0.15) is 0 Å². The van der Waals surface area contributed by atoms with E-state index in [-0.39, 0.29) is 17.9 Å². The van der Waals surface area contributed by atoms with Crippen LogP contribution in [0.1, 0.15) is 25.0 Å². The number of benzene rings is 1. The molecule has 1 atom stereocenters. The number of halogens is 1. The number of hydrogen-bond acceptors (Lipinski definition) is 4. The molecular weight excluding hydrogens is 354 g/mol. The number of likely N-dealkylation sites (tertiary alicyclic amines) is 1. The van der Waals surface area contributed by atoms with Crippen LogP contribution in [0.5, 0.6) is 0 Å². The second-order valence-corrected chi connectivity index (χ2v) is 6.74. The van der Waals surface area contributed by atoms with E-state index in [0.717, 1.165) is 25.1 Å². The van der Waals surface area contributed by atoms with Crippen LogP contribution in [-0.2, 0) is 16.1 Å². The maximum Gasteiger partial charge on any atom is 0.237 e. The Hall–Kier alpha value is -2.31. The third-order valence-electron chi connectivity index (χ3n) is 4.42. The molecule has 1 aliphatic rings. The van der Waals surface area contributed by atoms with Crippen molar-refractivity contribution in [3.8, 4) is 0 Å². The summed E-state index contributed by atoms with van der Waals surface area (Å²) in [5.41, 5.74) is 0.677. The fraction of sp³-hybridized carbons (Fsp3) is 0.368. The zero-order valence-corrected chi connectivity index (χ0v) is 15.2. The van der Waals surface area contributed by atoms with Crippen LogP contribution in [-0.4, -0.2) is 35.8 Å². The van der Waals surface area contributed by atoms with Gasteiger partial charge in [-0.15, -0.1) is 0 Å². The number of furan rings is 1. The molecule has 0 aliphatic carbocycles. The molecule has 2 N–H and O–H groups in total. The van der Waals surface area contributed by atoms with Gasteiger partial charge in [0.1, 0.15) is 5.76 Å². The minimum Gasteiger partial charge on any atom is -0.467 e. The SMILES string of the molecule is O=C(CCN1CCCC1C(=O)NCc1ccco1)Nc1cccc(Cl)c1. The molecule has 0 spiro atoms. The molecule has 138 valence electrons. The summed E-state index contributed by atoms with van der Waals surface area (Å²) in [6, 6.07) is 10.5. The Morgan fingerprint density at radius 2 is 2.15 bits per heavy atom. The fourth-order valence-electron chi connectivity index (χ4n) is 3.13. The molecule has 26 heavy (non-hydrogen) atoms. The lowest BCUT2D eigenvalue weighted by molar-refractivity contribution is -0.126. The molecule has 1 saturated heterocycles. The molecule has 2 heterocycles. The van der Waals surface area contributed by atoms with Crippen LogP contribution < -0.4 is 10.6 Å². The van der Waals surface area contributed by atoms with Gasteiger partial charge >= 0.3 is 0 Å². The second-order valence-electron chi connectivity index (χ2n) is 6.30. The van der Waals surface area contributed by atoms with E-state index in [0.29, 0.717) is 30.2 Å². The largest absolute Gasteiger partial charge is 0.467 e. The van der Waals surface area contributed by atoms with Crippen molar-refractivity contribution in [3.63, 3.8) is 0 Å². The van der Waals surface area contributed by atoms with Gasteiger partial charge in [-0.1, -0.05) is 17.7 Å². The van der Waals surface area contributed by atoms with E-state index in [1.165, 1.54) is 0 Å². The molecule has 0 saturated carbocycles. The Morgan fingerprint density at radius 3 is 2.92 bits per heavy atom. The van der Waals surface area contributed by atoms with Crippen molar-refractivity contribution in [1.29, 1.82) is 0 Å². The summed E-state index contributed by atoms with van der Waals surface area (Å²) >= 11 is 5.92. The van der Waals surface area contributed by atoms with E-state index >= 15 is 0 Å². The van der Waals surface area contributed by atoms with E-state index in [9.17, 15) is 9.59 Å². The van der Waals surface area contributed by atoms with Gasteiger partial charge in [0.25, 0.3) is 0 Å². The summed E-state index contributed by atoms with van der Waals surface area (Å²) in [6.07, 6.45) is 3.67. The van der Waals surface area contributed by atoms with Crippen molar-refractivity contribution in [2.75, 3.05) is 18.4 Å². The molecule has 1 aromatic carbocycles. The minimum absolute atomic E-state index is 0.0193. The molecule has 1 aromatic heterocycles. The molecule has 6 nitrogen and oxygen atoms in total. The zero-order chi connectivity index (χ0) is 18.4. The highest BCUT2D eigenvalue weighted by Gasteiger charge is 2.30. The predicted octanol–water partition coefficient (Wildman–Crippen LogP) is 3.04. The Morgan fingerprint density at radius 1 is 1.27 bits per heavy atom. The second kappa shape index (κ2) is 8.87. The summed E-state index contributed by atoms with van der Waals surface area (Å²) in [5, 5.41) is 6.31. The Balaban J connectivity index is 1.45. The monoisotopic (exact) mass is 375 g/mol. The van der Waals surface area contributed by atoms with Crippen molar-refractivity contribution in [1.82, 2.24) is 10.2 Å². The summed E-state index contributed by atoms with van der Waals surface area (Å²) in [7, 11) is 0. The number of anilines is 1. The quantitative estimate of drug-likeness (QED) is 0.780. The highest BCUT2D eigenvalue weighted by molar-refractivity contribution is 6.30. The molecule has 2 aromatic rings. The maximum atomic E-state index is 12.4. The lowest BCUT2D eigenvalue weighted by atomic mass is 10.2. The summed E-state index contributed by atoms with van der Waals surface area (Å²) in [4.78, 5) is 26.6. The van der Waals surface area contributed by atoms with Gasteiger partial charge < -0.3 is 15.1 Å². The third kappa shape index (κ3) is 5.09. The van der Waals surface area contributed by atoms with Crippen LogP contribution >= 0.6 is 11.6 Å². The highest BCUT2D eigenvalue weighted by Crippen LogP contribution is 2.19. The molecule has 0 radical (unpaired) electrons. The number of nitrogens with one attached hydrogen (secondary N) is 2.